The van der Waals surface area contributed by atoms with Crippen LogP contribution in [-0.2, 0) is 6.54 Å². The van der Waals surface area contributed by atoms with Gasteiger partial charge in [0.05, 0.1) is 6.54 Å². The van der Waals surface area contributed by atoms with Crippen LogP contribution in [0.25, 0.3) is 0 Å². The first-order valence-corrected chi connectivity index (χ1v) is 7.79. The van der Waals surface area contributed by atoms with Crippen molar-refractivity contribution in [3.05, 3.63) is 26.9 Å². The smallest absolute Gasteiger partial charge is 0.282 e. The van der Waals surface area contributed by atoms with Crippen LogP contribution in [0.5, 0.6) is 0 Å². The Kier molecular flexibility index (Phi) is 4.86. The molecule has 2 rings (SSSR count). The topological polar surface area (TPSA) is 66.9 Å². The van der Waals surface area contributed by atoms with E-state index in [-0.39, 0.29) is 5.91 Å². The van der Waals surface area contributed by atoms with Crippen molar-refractivity contribution < 1.29 is 4.79 Å². The molecule has 0 aliphatic rings. The van der Waals surface area contributed by atoms with Gasteiger partial charge in [-0.05, 0) is 30.4 Å². The van der Waals surface area contributed by atoms with Gasteiger partial charge in [-0.2, -0.15) is 0 Å². The summed E-state index contributed by atoms with van der Waals surface area (Å²) < 4.78 is 0. The van der Waals surface area contributed by atoms with E-state index in [1.165, 1.54) is 21.8 Å². The molecule has 7 heteroatoms. The Morgan fingerprint density at radius 1 is 1.42 bits per heavy atom. The van der Waals surface area contributed by atoms with E-state index in [0.717, 1.165) is 13.0 Å². The molecule has 0 aliphatic carbocycles. The van der Waals surface area contributed by atoms with Crippen LogP contribution in [0.3, 0.4) is 0 Å². The maximum atomic E-state index is 11.9. The molecule has 19 heavy (non-hydrogen) atoms. The third kappa shape index (κ3) is 3.74. The number of nitrogens with one attached hydrogen (secondary N) is 2. The predicted octanol–water partition coefficient (Wildman–Crippen LogP) is 2.66. The number of aromatic nitrogens is 2. The molecule has 1 amide bonds. The van der Waals surface area contributed by atoms with Crippen LogP contribution in [0.1, 0.15) is 33.6 Å². The summed E-state index contributed by atoms with van der Waals surface area (Å²) in [4.78, 5) is 13.1. The molecule has 0 unspecified atom stereocenters. The lowest BCUT2D eigenvalue weighted by Crippen LogP contribution is -2.22. The minimum atomic E-state index is -0.171. The van der Waals surface area contributed by atoms with Gasteiger partial charge in [0.2, 0.25) is 10.1 Å². The summed E-state index contributed by atoms with van der Waals surface area (Å²) in [5, 5.41) is 16.9. The largest absolute Gasteiger partial charge is 0.360 e. The number of amides is 1. The van der Waals surface area contributed by atoms with E-state index in [1.807, 2.05) is 18.4 Å². The normalized spacial score (nSPS) is 10.4. The Morgan fingerprint density at radius 2 is 2.26 bits per heavy atom. The zero-order valence-electron chi connectivity index (χ0n) is 10.9. The van der Waals surface area contributed by atoms with Crippen LogP contribution in [0.15, 0.2) is 11.4 Å². The molecule has 0 fully saturated rings. The molecule has 0 spiro atoms. The van der Waals surface area contributed by atoms with E-state index in [4.69, 9.17) is 0 Å². The Hall–Kier alpha value is -1.47. The highest BCUT2D eigenvalue weighted by Gasteiger charge is 2.12. The van der Waals surface area contributed by atoms with Crippen molar-refractivity contribution in [1.29, 1.82) is 0 Å². The van der Waals surface area contributed by atoms with Crippen LogP contribution in [0.2, 0.25) is 0 Å². The van der Waals surface area contributed by atoms with E-state index >= 15 is 0 Å². The Balaban J connectivity index is 1.89. The number of thiophene rings is 1. The van der Waals surface area contributed by atoms with Gasteiger partial charge in [-0.15, -0.1) is 21.5 Å². The molecule has 5 nitrogen and oxygen atoms in total. The number of carbonyl (C=O) groups excluding carboxylic acids is 1. The number of nitrogens with zero attached hydrogens (tertiary/aromatic N) is 2. The zero-order chi connectivity index (χ0) is 13.7. The number of carbonyl (C=O) groups is 1. The van der Waals surface area contributed by atoms with E-state index in [1.54, 1.807) is 11.3 Å². The molecule has 102 valence electrons. The zero-order valence-corrected chi connectivity index (χ0v) is 12.5. The SMILES string of the molecule is CCCNc1nnc(C(=O)NCc2sccc2C)s1. The third-order valence-corrected chi connectivity index (χ3v) is 4.43. The minimum absolute atomic E-state index is 0.171. The first-order valence-electron chi connectivity index (χ1n) is 6.09. The van der Waals surface area contributed by atoms with Crippen LogP contribution in [-0.4, -0.2) is 22.6 Å². The molecular formula is C12H16N4OS2. The quantitative estimate of drug-likeness (QED) is 0.860. The maximum absolute atomic E-state index is 11.9. The summed E-state index contributed by atoms with van der Waals surface area (Å²) in [6.07, 6.45) is 1.01. The van der Waals surface area contributed by atoms with Gasteiger partial charge in [0.15, 0.2) is 0 Å². The highest BCUT2D eigenvalue weighted by atomic mass is 32.1. The molecular weight excluding hydrogens is 280 g/mol. The molecule has 0 aromatic carbocycles. The highest BCUT2D eigenvalue weighted by Crippen LogP contribution is 2.17. The molecule has 0 saturated carbocycles. The number of rotatable bonds is 6. The maximum Gasteiger partial charge on any atom is 0.282 e. The van der Waals surface area contributed by atoms with Crippen LogP contribution in [0, 0.1) is 6.92 Å². The number of hydrogen-bond acceptors (Lipinski definition) is 6. The summed E-state index contributed by atoms with van der Waals surface area (Å²) in [7, 11) is 0. The molecule has 2 aromatic heterocycles. The van der Waals surface area contributed by atoms with Crippen molar-refractivity contribution in [3.8, 4) is 0 Å². The van der Waals surface area contributed by atoms with Crippen molar-refractivity contribution in [2.45, 2.75) is 26.8 Å². The Bertz CT molecular complexity index is 549. The highest BCUT2D eigenvalue weighted by molar-refractivity contribution is 7.17. The third-order valence-electron chi connectivity index (χ3n) is 2.52. The van der Waals surface area contributed by atoms with Crippen molar-refractivity contribution >= 4 is 33.7 Å². The molecule has 0 aliphatic heterocycles. The van der Waals surface area contributed by atoms with Gasteiger partial charge in [-0.3, -0.25) is 4.79 Å². The fourth-order valence-corrected chi connectivity index (χ4v) is 2.97. The summed E-state index contributed by atoms with van der Waals surface area (Å²) >= 11 is 2.92. The van der Waals surface area contributed by atoms with Gasteiger partial charge >= 0.3 is 0 Å². The van der Waals surface area contributed by atoms with Gasteiger partial charge < -0.3 is 10.6 Å². The predicted molar refractivity (Wildman–Crippen MR) is 78.9 cm³/mol. The van der Waals surface area contributed by atoms with Crippen LogP contribution < -0.4 is 10.6 Å². The lowest BCUT2D eigenvalue weighted by atomic mass is 10.3. The lowest BCUT2D eigenvalue weighted by Gasteiger charge is -2.01. The fraction of sp³-hybridized carbons (Fsp3) is 0.417. The Morgan fingerprint density at radius 3 is 2.95 bits per heavy atom. The molecule has 2 aromatic rings. The van der Waals surface area contributed by atoms with E-state index in [2.05, 4.69) is 27.8 Å². The monoisotopic (exact) mass is 296 g/mol. The molecule has 0 bridgehead atoms. The first-order chi connectivity index (χ1) is 9.20. The first kappa shape index (κ1) is 14.0. The second-order valence-electron chi connectivity index (χ2n) is 4.05. The van der Waals surface area contributed by atoms with Crippen molar-refractivity contribution in [2.75, 3.05) is 11.9 Å². The summed E-state index contributed by atoms with van der Waals surface area (Å²) in [5.41, 5.74) is 1.20. The molecule has 0 saturated heterocycles. The molecule has 0 radical (unpaired) electrons. The van der Waals surface area contributed by atoms with Gasteiger partial charge in [-0.25, -0.2) is 0 Å². The number of anilines is 1. The van der Waals surface area contributed by atoms with Gasteiger partial charge in [0.1, 0.15) is 0 Å². The molecule has 2 N–H and O–H groups in total. The van der Waals surface area contributed by atoms with Crippen molar-refractivity contribution in [2.24, 2.45) is 0 Å². The van der Waals surface area contributed by atoms with E-state index in [9.17, 15) is 4.79 Å². The van der Waals surface area contributed by atoms with Crippen molar-refractivity contribution in [1.82, 2.24) is 15.5 Å². The second kappa shape index (κ2) is 6.63. The lowest BCUT2D eigenvalue weighted by molar-refractivity contribution is 0.0950. The van der Waals surface area contributed by atoms with Crippen LogP contribution >= 0.6 is 22.7 Å². The molecule has 2 heterocycles. The van der Waals surface area contributed by atoms with Crippen molar-refractivity contribution in [3.63, 3.8) is 0 Å². The second-order valence-corrected chi connectivity index (χ2v) is 6.03. The number of hydrogen-bond donors (Lipinski definition) is 2. The average molecular weight is 296 g/mol. The fourth-order valence-electron chi connectivity index (χ4n) is 1.44. The standard InChI is InChI=1S/C12H16N4OS2/c1-3-5-13-12-16-15-11(19-12)10(17)14-7-9-8(2)4-6-18-9/h4,6H,3,5,7H2,1-2H3,(H,13,16)(H,14,17). The van der Waals surface area contributed by atoms with E-state index < -0.39 is 0 Å². The molecule has 0 atom stereocenters. The van der Waals surface area contributed by atoms with E-state index in [0.29, 0.717) is 16.7 Å². The van der Waals surface area contributed by atoms with Crippen LogP contribution in [0.4, 0.5) is 5.13 Å². The van der Waals surface area contributed by atoms with Gasteiger partial charge in [-0.1, -0.05) is 18.3 Å². The number of aryl methyl sites for hydroxylation is 1. The minimum Gasteiger partial charge on any atom is -0.360 e. The summed E-state index contributed by atoms with van der Waals surface area (Å²) in [6, 6.07) is 2.05. The Labute approximate surface area is 120 Å². The average Bonchev–Trinajstić information content (AvgIpc) is 3.03. The van der Waals surface area contributed by atoms with Gasteiger partial charge in [0.25, 0.3) is 5.91 Å². The summed E-state index contributed by atoms with van der Waals surface area (Å²) in [6.45, 7) is 5.49. The summed E-state index contributed by atoms with van der Waals surface area (Å²) in [5.74, 6) is -0.171. The van der Waals surface area contributed by atoms with Gasteiger partial charge in [0, 0.05) is 11.4 Å².